The number of alkyl halides is 1. The molecule has 0 atom stereocenters. The van der Waals surface area contributed by atoms with Gasteiger partial charge in [-0.25, -0.2) is 23.7 Å². The fourth-order valence-electron chi connectivity index (χ4n) is 3.93. The molecule has 0 saturated heterocycles. The molecule has 0 radical (unpaired) electrons. The summed E-state index contributed by atoms with van der Waals surface area (Å²) in [6, 6.07) is 26.4. The first-order chi connectivity index (χ1) is 17.2. The third-order valence-electron chi connectivity index (χ3n) is 5.69. The topological polar surface area (TPSA) is 55.6 Å². The zero-order valence-electron chi connectivity index (χ0n) is 18.9. The predicted molar refractivity (Wildman–Crippen MR) is 134 cm³/mol. The molecule has 2 heterocycles. The van der Waals surface area contributed by atoms with Crippen LogP contribution in [-0.2, 0) is 13.1 Å². The Kier molecular flexibility index (Phi) is 6.57. The molecule has 0 aliphatic rings. The lowest BCUT2D eigenvalue weighted by Crippen LogP contribution is -2.06. The summed E-state index contributed by atoms with van der Waals surface area (Å²) >= 11 is 0. The molecule has 5 nitrogen and oxygen atoms in total. The van der Waals surface area contributed by atoms with Crippen LogP contribution in [0.1, 0.15) is 5.56 Å². The van der Waals surface area contributed by atoms with E-state index in [9.17, 15) is 8.78 Å². The third kappa shape index (κ3) is 5.09. The van der Waals surface area contributed by atoms with Gasteiger partial charge >= 0.3 is 0 Å². The number of hydrogen-bond donors (Lipinski definition) is 1. The van der Waals surface area contributed by atoms with Crippen LogP contribution in [0.15, 0.2) is 97.5 Å². The molecule has 0 aliphatic carbocycles. The Hall–Kier alpha value is -4.39. The van der Waals surface area contributed by atoms with E-state index < -0.39 is 6.67 Å². The van der Waals surface area contributed by atoms with Crippen LogP contribution >= 0.6 is 0 Å². The van der Waals surface area contributed by atoms with Crippen LogP contribution in [0, 0.1) is 5.82 Å². The normalized spacial score (nSPS) is 10.9. The van der Waals surface area contributed by atoms with E-state index in [1.165, 1.54) is 17.7 Å². The van der Waals surface area contributed by atoms with Crippen LogP contribution < -0.4 is 5.32 Å². The van der Waals surface area contributed by atoms with Gasteiger partial charge in [0.05, 0.1) is 30.0 Å². The fourth-order valence-corrected chi connectivity index (χ4v) is 3.93. The van der Waals surface area contributed by atoms with Gasteiger partial charge in [0.1, 0.15) is 12.5 Å². The van der Waals surface area contributed by atoms with E-state index in [1.807, 2.05) is 18.2 Å². The van der Waals surface area contributed by atoms with Crippen molar-refractivity contribution in [1.82, 2.24) is 19.5 Å². The summed E-state index contributed by atoms with van der Waals surface area (Å²) in [6.45, 7) is 0.151. The number of hydrogen-bond acceptors (Lipinski definition) is 4. The number of anilines is 1. The van der Waals surface area contributed by atoms with E-state index in [-0.39, 0.29) is 12.4 Å². The van der Waals surface area contributed by atoms with Gasteiger partial charge in [-0.2, -0.15) is 0 Å². The Morgan fingerprint density at radius 3 is 2.23 bits per heavy atom. The zero-order valence-corrected chi connectivity index (χ0v) is 18.9. The monoisotopic (exact) mass is 467 g/mol. The Bertz CT molecular complexity index is 1400. The second kappa shape index (κ2) is 10.3. The summed E-state index contributed by atoms with van der Waals surface area (Å²) in [7, 11) is 0. The number of nitrogens with zero attached hydrogens (tertiary/aromatic N) is 4. The number of aromatic nitrogens is 4. The van der Waals surface area contributed by atoms with Crippen LogP contribution in [0.25, 0.3) is 33.8 Å². The first-order valence-corrected chi connectivity index (χ1v) is 11.3. The second-order valence-electron chi connectivity index (χ2n) is 8.01. The van der Waals surface area contributed by atoms with Gasteiger partial charge in [-0.15, -0.1) is 0 Å². The first-order valence-electron chi connectivity index (χ1n) is 11.3. The highest BCUT2D eigenvalue weighted by atomic mass is 19.1. The maximum absolute atomic E-state index is 13.4. The van der Waals surface area contributed by atoms with E-state index in [0.29, 0.717) is 29.6 Å². The van der Waals surface area contributed by atoms with Crippen molar-refractivity contribution < 1.29 is 8.78 Å². The Morgan fingerprint density at radius 1 is 0.771 bits per heavy atom. The highest BCUT2D eigenvalue weighted by Gasteiger charge is 2.17. The van der Waals surface area contributed by atoms with E-state index in [2.05, 4.69) is 56.7 Å². The summed E-state index contributed by atoms with van der Waals surface area (Å²) in [5.41, 5.74) is 6.02. The molecule has 0 unspecified atom stereocenters. The van der Waals surface area contributed by atoms with E-state index >= 15 is 0 Å². The standard InChI is InChI=1S/C28H23F2N5/c29-15-17-35-19-33-26(23-10-12-24(30)13-11-23)27(35)25-14-16-31-28(34-25)32-18-20-6-8-22(9-7-20)21-4-2-1-3-5-21/h1-14,16,19H,15,17-18H2,(H,31,32,34). The lowest BCUT2D eigenvalue weighted by molar-refractivity contribution is 0.447. The molecular weight excluding hydrogens is 444 g/mol. The summed E-state index contributed by atoms with van der Waals surface area (Å²) < 4.78 is 28.4. The molecule has 1 N–H and O–H groups in total. The Labute approximate surface area is 202 Å². The number of halogens is 2. The van der Waals surface area contributed by atoms with E-state index in [4.69, 9.17) is 0 Å². The van der Waals surface area contributed by atoms with Gasteiger partial charge in [0.15, 0.2) is 0 Å². The average Bonchev–Trinajstić information content (AvgIpc) is 3.33. The minimum atomic E-state index is -0.540. The van der Waals surface area contributed by atoms with E-state index in [1.54, 1.807) is 35.3 Å². The van der Waals surface area contributed by atoms with Gasteiger partial charge < -0.3 is 9.88 Å². The summed E-state index contributed by atoms with van der Waals surface area (Å²) in [6.07, 6.45) is 3.24. The van der Waals surface area contributed by atoms with Gasteiger partial charge in [-0.1, -0.05) is 54.6 Å². The van der Waals surface area contributed by atoms with Crippen LogP contribution in [0.2, 0.25) is 0 Å². The molecule has 7 heteroatoms. The van der Waals surface area contributed by atoms with Gasteiger partial charge in [0.2, 0.25) is 5.95 Å². The highest BCUT2D eigenvalue weighted by Crippen LogP contribution is 2.30. The molecular formula is C28H23F2N5. The summed E-state index contributed by atoms with van der Waals surface area (Å²) in [4.78, 5) is 13.5. The maximum Gasteiger partial charge on any atom is 0.223 e. The van der Waals surface area contributed by atoms with Crippen LogP contribution in [0.3, 0.4) is 0 Å². The minimum Gasteiger partial charge on any atom is -0.350 e. The van der Waals surface area contributed by atoms with Crippen molar-refractivity contribution in [3.63, 3.8) is 0 Å². The molecule has 0 aliphatic heterocycles. The van der Waals surface area contributed by atoms with Crippen molar-refractivity contribution in [2.24, 2.45) is 0 Å². The number of imidazole rings is 1. The highest BCUT2D eigenvalue weighted by molar-refractivity contribution is 5.77. The lowest BCUT2D eigenvalue weighted by Gasteiger charge is -2.11. The quantitative estimate of drug-likeness (QED) is 0.287. The molecule has 174 valence electrons. The lowest BCUT2D eigenvalue weighted by atomic mass is 10.0. The van der Waals surface area contributed by atoms with Crippen molar-refractivity contribution in [2.75, 3.05) is 12.0 Å². The van der Waals surface area contributed by atoms with Crippen LogP contribution in [0.4, 0.5) is 14.7 Å². The Balaban J connectivity index is 1.37. The van der Waals surface area contributed by atoms with Gasteiger partial charge in [0, 0.05) is 18.3 Å². The fraction of sp³-hybridized carbons (Fsp3) is 0.107. The molecule has 3 aromatic carbocycles. The van der Waals surface area contributed by atoms with Gasteiger partial charge in [0.25, 0.3) is 0 Å². The van der Waals surface area contributed by atoms with Crippen LogP contribution in [0.5, 0.6) is 0 Å². The first kappa shape index (κ1) is 22.4. The second-order valence-corrected chi connectivity index (χ2v) is 8.01. The molecule has 35 heavy (non-hydrogen) atoms. The molecule has 0 saturated carbocycles. The van der Waals surface area contributed by atoms with Crippen molar-refractivity contribution in [3.8, 4) is 33.8 Å². The SMILES string of the molecule is FCCn1cnc(-c2ccc(F)cc2)c1-c1ccnc(NCc2ccc(-c3ccccc3)cc2)n1. The van der Waals surface area contributed by atoms with Gasteiger partial charge in [-0.3, -0.25) is 0 Å². The molecule has 0 bridgehead atoms. The number of benzene rings is 3. The van der Waals surface area contributed by atoms with Crippen LogP contribution in [-0.4, -0.2) is 26.2 Å². The summed E-state index contributed by atoms with van der Waals surface area (Å²) in [5.74, 6) is 0.122. The van der Waals surface area contributed by atoms with Gasteiger partial charge in [-0.05, 0) is 47.0 Å². The van der Waals surface area contributed by atoms with E-state index in [0.717, 1.165) is 16.7 Å². The number of rotatable bonds is 8. The molecule has 5 rings (SSSR count). The van der Waals surface area contributed by atoms with Crippen molar-refractivity contribution in [1.29, 1.82) is 0 Å². The molecule has 0 spiro atoms. The number of nitrogens with one attached hydrogen (secondary N) is 1. The average molecular weight is 468 g/mol. The number of aryl methyl sites for hydroxylation is 1. The Morgan fingerprint density at radius 2 is 1.49 bits per heavy atom. The molecule has 5 aromatic rings. The van der Waals surface area contributed by atoms with Crippen molar-refractivity contribution in [2.45, 2.75) is 13.1 Å². The predicted octanol–water partition coefficient (Wildman–Crippen LogP) is 6.39. The maximum atomic E-state index is 13.4. The molecule has 2 aromatic heterocycles. The molecule has 0 amide bonds. The molecule has 0 fully saturated rings. The minimum absolute atomic E-state index is 0.143. The van der Waals surface area contributed by atoms with Crippen molar-refractivity contribution >= 4 is 5.95 Å². The summed E-state index contributed by atoms with van der Waals surface area (Å²) in [5, 5.41) is 3.27. The zero-order chi connectivity index (χ0) is 24.0. The third-order valence-corrected chi connectivity index (χ3v) is 5.69. The largest absolute Gasteiger partial charge is 0.350 e. The van der Waals surface area contributed by atoms with Crippen molar-refractivity contribution in [3.05, 3.63) is 109 Å². The smallest absolute Gasteiger partial charge is 0.223 e.